The molecule has 426 valence electrons. The van der Waals surface area contributed by atoms with E-state index in [1.165, 1.54) is 34.0 Å². The first kappa shape index (κ1) is 72.8. The molecule has 0 aliphatic heterocycles. The fourth-order valence-corrected chi connectivity index (χ4v) is 6.81. The van der Waals surface area contributed by atoms with Gasteiger partial charge in [-0.2, -0.15) is 0 Å². The third-order valence-corrected chi connectivity index (χ3v) is 14.9. The SMILES string of the molecule is COc1cnccc1C.Cc1c(Cl)cccc1Cl.Cc1c(F)cncc1Cl.Cc1cc(Cl)ncc1Cl.Cc1ccnc(C)c1Cl.Cc1ccnc(Cl)c1Cl.Cc1ccncc1C.Cc1cncc(C)c1C.Cc1cncc(Cl)c1C. The molecule has 8 aromatic heterocycles. The van der Waals surface area contributed by atoms with Crippen LogP contribution in [0.5, 0.6) is 5.75 Å². The number of methoxy groups -OCH3 is 1. The molecule has 9 rings (SSSR count). The van der Waals surface area contributed by atoms with Gasteiger partial charge in [-0.1, -0.05) is 110 Å². The Morgan fingerprint density at radius 2 is 0.812 bits per heavy atom. The fraction of sp³-hybridized carbons (Fsp3) is 0.246. The molecule has 0 fully saturated rings. The van der Waals surface area contributed by atoms with Crippen LogP contribution in [0.3, 0.4) is 0 Å². The molecule has 9 aromatic rings. The van der Waals surface area contributed by atoms with Gasteiger partial charge in [0.1, 0.15) is 21.9 Å². The molecule has 8 heterocycles. The van der Waals surface area contributed by atoms with Gasteiger partial charge in [0.05, 0.1) is 50.3 Å². The highest BCUT2D eigenvalue weighted by Crippen LogP contribution is 2.24. The van der Waals surface area contributed by atoms with Crippen LogP contribution >= 0.6 is 104 Å². The Kier molecular flexibility index (Phi) is 35.7. The molecule has 0 amide bonds. The average molecular weight is 1270 g/mol. The molecule has 0 aliphatic carbocycles. The Morgan fingerprint density at radius 3 is 1.18 bits per heavy atom. The Morgan fingerprint density at radius 1 is 0.350 bits per heavy atom. The van der Waals surface area contributed by atoms with Crippen molar-refractivity contribution in [2.24, 2.45) is 0 Å². The Bertz CT molecular complexity index is 2790. The average Bonchev–Trinajstić information content (AvgIpc) is 3.42. The van der Waals surface area contributed by atoms with E-state index in [9.17, 15) is 4.39 Å². The standard InChI is InChI=1S/C8H11N.C7H6Cl2.2C7H8ClN.C7H9NO.C7H9N.2C6H5Cl2N.C6H5ClFN/c1-6-4-9-5-7(2)8(6)3;1-5-6(8)3-2-4-7(5)9;1-5-3-9-4-7(8)6(5)2;1-5-3-4-9-6(2)7(5)8;1-6-3-4-8-5-7(6)9-2;1-6-3-4-8-5-7(6)2;1-4-2-6(8)9-3-5(4)7;1-4-2-3-9-6(8)5(4)7;1-4-5(7)2-9-3-6(4)8/h4-5H,1-3H3;2-4H,1H3;2*3-4H,1-2H3;3-5H,1-2H3;3-5H,1-2H3;3*2-3H,1H3. The van der Waals surface area contributed by atoms with Gasteiger partial charge in [0.25, 0.3) is 0 Å². The molecule has 0 saturated heterocycles. The second kappa shape index (κ2) is 39.2. The van der Waals surface area contributed by atoms with E-state index in [0.29, 0.717) is 30.9 Å². The summed E-state index contributed by atoms with van der Waals surface area (Å²) >= 11 is 51.0. The smallest absolute Gasteiger partial charge is 0.147 e. The van der Waals surface area contributed by atoms with E-state index >= 15 is 0 Å². The van der Waals surface area contributed by atoms with Crippen LogP contribution in [0.1, 0.15) is 78.0 Å². The summed E-state index contributed by atoms with van der Waals surface area (Å²) in [5.74, 6) is 0.486. The van der Waals surface area contributed by atoms with Crippen molar-refractivity contribution in [3.8, 4) is 5.75 Å². The van der Waals surface area contributed by atoms with E-state index in [2.05, 4.69) is 74.5 Å². The van der Waals surface area contributed by atoms with Gasteiger partial charge in [-0.15, -0.1) is 0 Å². The lowest BCUT2D eigenvalue weighted by molar-refractivity contribution is 0.410. The molecule has 0 aliphatic rings. The van der Waals surface area contributed by atoms with E-state index in [0.717, 1.165) is 76.7 Å². The zero-order valence-electron chi connectivity index (χ0n) is 47.4. The molecular formula is C61H66Cl9FN8O. The Balaban J connectivity index is 0.000000450. The highest BCUT2D eigenvalue weighted by Gasteiger charge is 2.02. The van der Waals surface area contributed by atoms with Gasteiger partial charge in [-0.25, -0.2) is 14.4 Å². The van der Waals surface area contributed by atoms with Crippen LogP contribution in [0.4, 0.5) is 4.39 Å². The van der Waals surface area contributed by atoms with Gasteiger partial charge in [0.2, 0.25) is 0 Å². The lowest BCUT2D eigenvalue weighted by Crippen LogP contribution is -1.86. The van der Waals surface area contributed by atoms with Crippen LogP contribution in [0, 0.1) is 103 Å². The maximum atomic E-state index is 12.4. The third kappa shape index (κ3) is 28.0. The number of aryl methyl sites for hydroxylation is 10. The van der Waals surface area contributed by atoms with Crippen LogP contribution in [0.15, 0.2) is 129 Å². The van der Waals surface area contributed by atoms with Crippen molar-refractivity contribution in [2.45, 2.75) is 96.9 Å². The van der Waals surface area contributed by atoms with Crippen molar-refractivity contribution in [3.63, 3.8) is 0 Å². The quantitative estimate of drug-likeness (QED) is 0.148. The molecule has 0 atom stereocenters. The van der Waals surface area contributed by atoms with Crippen molar-refractivity contribution in [1.29, 1.82) is 0 Å². The minimum absolute atomic E-state index is 0.359. The van der Waals surface area contributed by atoms with Crippen molar-refractivity contribution < 1.29 is 9.13 Å². The first-order valence-electron chi connectivity index (χ1n) is 24.2. The van der Waals surface area contributed by atoms with E-state index in [4.69, 9.17) is 109 Å². The topological polar surface area (TPSA) is 112 Å². The maximum absolute atomic E-state index is 12.4. The molecule has 0 spiro atoms. The molecule has 0 N–H and O–H groups in total. The number of halogens is 10. The summed E-state index contributed by atoms with van der Waals surface area (Å²) in [5, 5.41) is 5.39. The normalized spacial score (nSPS) is 9.56. The van der Waals surface area contributed by atoms with Crippen LogP contribution in [-0.2, 0) is 0 Å². The second-order valence-electron chi connectivity index (χ2n) is 17.4. The number of hydrogen-bond acceptors (Lipinski definition) is 9. The van der Waals surface area contributed by atoms with Crippen LogP contribution in [0.25, 0.3) is 0 Å². The second-order valence-corrected chi connectivity index (χ2v) is 20.9. The molecule has 80 heavy (non-hydrogen) atoms. The number of aromatic nitrogens is 8. The predicted octanol–water partition coefficient (Wildman–Crippen LogP) is 20.7. The third-order valence-electron chi connectivity index (χ3n) is 11.2. The van der Waals surface area contributed by atoms with Gasteiger partial charge in [-0.05, 0) is 206 Å². The van der Waals surface area contributed by atoms with Crippen molar-refractivity contribution >= 4 is 104 Å². The summed E-state index contributed by atoms with van der Waals surface area (Å²) in [7, 11) is 1.64. The molecule has 1 aromatic carbocycles. The summed E-state index contributed by atoms with van der Waals surface area (Å²) in [5.41, 5.74) is 15.1. The van der Waals surface area contributed by atoms with Gasteiger partial charge < -0.3 is 4.74 Å². The highest BCUT2D eigenvalue weighted by atomic mass is 35.5. The number of pyridine rings is 8. The van der Waals surface area contributed by atoms with Gasteiger partial charge in [0, 0.05) is 83.8 Å². The minimum atomic E-state index is -0.359. The number of nitrogens with zero attached hydrogens (tertiary/aromatic N) is 8. The molecule has 0 unspecified atom stereocenters. The van der Waals surface area contributed by atoms with Gasteiger partial charge >= 0.3 is 0 Å². The molecule has 9 nitrogen and oxygen atoms in total. The van der Waals surface area contributed by atoms with Crippen LogP contribution in [0.2, 0.25) is 45.5 Å². The van der Waals surface area contributed by atoms with Gasteiger partial charge in [0.15, 0.2) is 0 Å². The Labute approximate surface area is 517 Å². The first-order valence-corrected chi connectivity index (χ1v) is 27.6. The number of hydrogen-bond donors (Lipinski definition) is 0. The van der Waals surface area contributed by atoms with Gasteiger partial charge in [-0.3, -0.25) is 29.9 Å². The fourth-order valence-electron chi connectivity index (χ4n) is 5.31. The predicted molar refractivity (Wildman–Crippen MR) is 338 cm³/mol. The monoisotopic (exact) mass is 1260 g/mol. The van der Waals surface area contributed by atoms with E-state index in [1.54, 1.807) is 63.5 Å². The largest absolute Gasteiger partial charge is 0.495 e. The zero-order valence-corrected chi connectivity index (χ0v) is 54.2. The van der Waals surface area contributed by atoms with Crippen LogP contribution < -0.4 is 4.74 Å². The molecule has 0 saturated carbocycles. The lowest BCUT2D eigenvalue weighted by Gasteiger charge is -1.99. The maximum Gasteiger partial charge on any atom is 0.147 e. The zero-order chi connectivity index (χ0) is 60.6. The summed E-state index contributed by atoms with van der Waals surface area (Å²) in [4.78, 5) is 30.9. The summed E-state index contributed by atoms with van der Waals surface area (Å²) in [6.45, 7) is 27.5. The highest BCUT2D eigenvalue weighted by molar-refractivity contribution is 6.41. The Hall–Kier alpha value is -5.24. The van der Waals surface area contributed by atoms with E-state index in [1.807, 2.05) is 123 Å². The van der Waals surface area contributed by atoms with E-state index in [-0.39, 0.29) is 5.82 Å². The molecule has 0 bridgehead atoms. The number of ether oxygens (including phenoxy) is 1. The first-order chi connectivity index (χ1) is 37.6. The van der Waals surface area contributed by atoms with Crippen molar-refractivity contribution in [2.75, 3.05) is 7.11 Å². The van der Waals surface area contributed by atoms with Crippen molar-refractivity contribution in [1.82, 2.24) is 39.9 Å². The molecule has 0 radical (unpaired) electrons. The summed E-state index contributed by atoms with van der Waals surface area (Å²) in [6.07, 6.45) is 21.9. The van der Waals surface area contributed by atoms with E-state index < -0.39 is 0 Å². The van der Waals surface area contributed by atoms with Crippen LogP contribution in [-0.4, -0.2) is 47.0 Å². The number of benzene rings is 1. The molecular weight excluding hydrogens is 1200 g/mol. The minimum Gasteiger partial charge on any atom is -0.495 e. The lowest BCUT2D eigenvalue weighted by atomic mass is 10.1. The number of rotatable bonds is 1. The summed E-state index contributed by atoms with van der Waals surface area (Å²) < 4.78 is 17.4. The van der Waals surface area contributed by atoms with Crippen molar-refractivity contribution in [3.05, 3.63) is 258 Å². The summed E-state index contributed by atoms with van der Waals surface area (Å²) in [6, 6.07) is 14.8. The molecule has 19 heteroatoms.